The Kier molecular flexibility index (Phi) is 74.4. The molecule has 0 bridgehead atoms. The Morgan fingerprint density at radius 3 is 0.897 bits per heavy atom. The number of rotatable bonds is 74. The number of unbranched alkanes of at least 4 members (excludes halogenated alkanes) is 55. The van der Waals surface area contributed by atoms with Gasteiger partial charge in [0, 0.05) is 12.8 Å². The quantitative estimate of drug-likeness (QED) is 0.0320. The minimum Gasteiger partial charge on any atom is -0.466 e. The Bertz CT molecular complexity index is 1450. The summed E-state index contributed by atoms with van der Waals surface area (Å²) in [4.78, 5) is 24.7. The van der Waals surface area contributed by atoms with Crippen LogP contribution in [-0.4, -0.2) is 47.4 Å². The summed E-state index contributed by atoms with van der Waals surface area (Å²) in [6.07, 6.45) is 100. The van der Waals surface area contributed by atoms with Gasteiger partial charge in [0.25, 0.3) is 0 Å². The van der Waals surface area contributed by atoms with Crippen molar-refractivity contribution in [2.24, 2.45) is 0 Å². The number of carbonyl (C=O) groups is 2. The molecule has 0 rings (SSSR count). The highest BCUT2D eigenvalue weighted by Gasteiger charge is 2.20. The Labute approximate surface area is 544 Å². The maximum Gasteiger partial charge on any atom is 0.305 e. The first kappa shape index (κ1) is 84.8. The minimum absolute atomic E-state index is 0.00592. The summed E-state index contributed by atoms with van der Waals surface area (Å²) in [6, 6.07) is -0.543. The topological polar surface area (TPSA) is 95.9 Å². The van der Waals surface area contributed by atoms with E-state index in [0.29, 0.717) is 25.9 Å². The molecule has 0 saturated carbocycles. The standard InChI is InChI=1S/C81H153NO5/c1-3-5-7-9-11-13-15-17-19-21-22-23-35-38-42-45-49-53-57-61-65-69-73-79(84)78(77-83)82-80(85)74-70-66-62-58-54-50-46-43-39-36-33-31-29-27-25-24-26-28-30-32-34-37-40-44-48-52-56-60-64-68-72-76-87-81(86)75-71-67-63-59-55-51-47-41-20-18-16-14-12-10-8-6-4-2/h12,14,18,20,26,28,32,34,78-79,83-84H,3-11,13,15-17,19,21-25,27,29-31,33,35-77H2,1-2H3,(H,82,85)/b14-12-,20-18-,28-26-,34-32-. The van der Waals surface area contributed by atoms with E-state index in [-0.39, 0.29) is 18.5 Å². The average molecular weight is 1220 g/mol. The third-order valence-corrected chi connectivity index (χ3v) is 18.4. The molecular weight excluding hydrogens is 1070 g/mol. The van der Waals surface area contributed by atoms with Gasteiger partial charge in [0.2, 0.25) is 5.91 Å². The fourth-order valence-corrected chi connectivity index (χ4v) is 12.4. The number of allylic oxidation sites excluding steroid dienone is 8. The van der Waals surface area contributed by atoms with Crippen molar-refractivity contribution in [1.29, 1.82) is 0 Å². The molecule has 3 N–H and O–H groups in total. The highest BCUT2D eigenvalue weighted by atomic mass is 16.5. The third-order valence-electron chi connectivity index (χ3n) is 18.4. The number of carbonyl (C=O) groups excluding carboxylic acids is 2. The van der Waals surface area contributed by atoms with E-state index < -0.39 is 12.1 Å². The SMILES string of the molecule is CCCCC/C=C\C/C=C\CCCCCCCCCC(=O)OCCCCCCCCCCC/C=C\C/C=C\CCCCCCCCCCCCCCCCCC(=O)NC(CO)C(O)CCCCCCCCCCCCCCCCCCCCCCCC. The van der Waals surface area contributed by atoms with Crippen molar-refractivity contribution in [3.05, 3.63) is 48.6 Å². The molecule has 512 valence electrons. The lowest BCUT2D eigenvalue weighted by atomic mass is 10.0. The van der Waals surface area contributed by atoms with Crippen LogP contribution in [0.2, 0.25) is 0 Å². The second-order valence-corrected chi connectivity index (χ2v) is 27.0. The normalized spacial score (nSPS) is 12.7. The summed E-state index contributed by atoms with van der Waals surface area (Å²) in [5, 5.41) is 23.5. The van der Waals surface area contributed by atoms with Gasteiger partial charge in [0.15, 0.2) is 0 Å². The summed E-state index contributed by atoms with van der Waals surface area (Å²) in [6.45, 7) is 4.96. The number of nitrogens with one attached hydrogen (secondary N) is 1. The summed E-state index contributed by atoms with van der Waals surface area (Å²) in [7, 11) is 0. The van der Waals surface area contributed by atoms with Gasteiger partial charge in [-0.1, -0.05) is 377 Å². The molecule has 2 unspecified atom stereocenters. The maximum absolute atomic E-state index is 12.6. The molecule has 0 fully saturated rings. The molecule has 6 heteroatoms. The number of hydrogen-bond acceptors (Lipinski definition) is 5. The third kappa shape index (κ3) is 72.8. The van der Waals surface area contributed by atoms with Crippen LogP contribution in [0.15, 0.2) is 48.6 Å². The van der Waals surface area contributed by atoms with Crippen LogP contribution in [0, 0.1) is 0 Å². The smallest absolute Gasteiger partial charge is 0.305 e. The summed E-state index contributed by atoms with van der Waals surface area (Å²) in [5.74, 6) is -0.0239. The van der Waals surface area contributed by atoms with Gasteiger partial charge < -0.3 is 20.3 Å². The number of aliphatic hydroxyl groups excluding tert-OH is 2. The fraction of sp³-hybridized carbons (Fsp3) is 0.877. The van der Waals surface area contributed by atoms with Crippen LogP contribution in [-0.2, 0) is 14.3 Å². The van der Waals surface area contributed by atoms with Gasteiger partial charge in [-0.25, -0.2) is 0 Å². The summed E-state index contributed by atoms with van der Waals surface area (Å²) < 4.78 is 5.50. The van der Waals surface area contributed by atoms with Crippen LogP contribution in [0.5, 0.6) is 0 Å². The highest BCUT2D eigenvalue weighted by molar-refractivity contribution is 5.76. The van der Waals surface area contributed by atoms with E-state index in [0.717, 1.165) is 57.8 Å². The van der Waals surface area contributed by atoms with Crippen LogP contribution in [0.25, 0.3) is 0 Å². The van der Waals surface area contributed by atoms with Gasteiger partial charge in [-0.2, -0.15) is 0 Å². The Hall–Kier alpha value is -2.18. The first-order valence-corrected chi connectivity index (χ1v) is 39.4. The van der Waals surface area contributed by atoms with Crippen LogP contribution in [0.3, 0.4) is 0 Å². The molecule has 0 heterocycles. The van der Waals surface area contributed by atoms with Gasteiger partial charge >= 0.3 is 5.97 Å². The van der Waals surface area contributed by atoms with Crippen LogP contribution in [0.4, 0.5) is 0 Å². The Morgan fingerprint density at radius 2 is 0.575 bits per heavy atom. The Morgan fingerprint density at radius 1 is 0.322 bits per heavy atom. The highest BCUT2D eigenvalue weighted by Crippen LogP contribution is 2.19. The molecule has 0 aliphatic heterocycles. The van der Waals surface area contributed by atoms with Gasteiger partial charge in [0.1, 0.15) is 0 Å². The van der Waals surface area contributed by atoms with Gasteiger partial charge in [0.05, 0.1) is 25.4 Å². The zero-order chi connectivity index (χ0) is 62.8. The molecule has 0 aromatic rings. The summed E-state index contributed by atoms with van der Waals surface area (Å²) in [5.41, 5.74) is 0. The number of hydrogen-bond donors (Lipinski definition) is 3. The molecule has 0 aliphatic carbocycles. The molecule has 87 heavy (non-hydrogen) atoms. The molecule has 0 aliphatic rings. The molecule has 2 atom stereocenters. The van der Waals surface area contributed by atoms with E-state index in [9.17, 15) is 19.8 Å². The molecule has 6 nitrogen and oxygen atoms in total. The first-order chi connectivity index (χ1) is 43.0. The molecule has 0 radical (unpaired) electrons. The van der Waals surface area contributed by atoms with Crippen molar-refractivity contribution in [2.75, 3.05) is 13.2 Å². The second-order valence-electron chi connectivity index (χ2n) is 27.0. The fourth-order valence-electron chi connectivity index (χ4n) is 12.4. The van der Waals surface area contributed by atoms with Crippen LogP contribution >= 0.6 is 0 Å². The zero-order valence-corrected chi connectivity index (χ0v) is 58.8. The first-order valence-electron chi connectivity index (χ1n) is 39.4. The van der Waals surface area contributed by atoms with E-state index in [2.05, 4.69) is 67.8 Å². The largest absolute Gasteiger partial charge is 0.466 e. The van der Waals surface area contributed by atoms with Crippen LogP contribution in [0.1, 0.15) is 431 Å². The predicted molar refractivity (Wildman–Crippen MR) is 384 cm³/mol. The van der Waals surface area contributed by atoms with Crippen molar-refractivity contribution in [3.63, 3.8) is 0 Å². The van der Waals surface area contributed by atoms with Crippen molar-refractivity contribution in [3.8, 4) is 0 Å². The van der Waals surface area contributed by atoms with Crippen molar-refractivity contribution < 1.29 is 24.5 Å². The summed E-state index contributed by atoms with van der Waals surface area (Å²) >= 11 is 0. The second kappa shape index (κ2) is 76.3. The number of aliphatic hydroxyl groups is 2. The van der Waals surface area contributed by atoms with E-state index in [4.69, 9.17) is 4.74 Å². The molecule has 0 saturated heterocycles. The van der Waals surface area contributed by atoms with Crippen molar-refractivity contribution in [2.45, 2.75) is 443 Å². The average Bonchev–Trinajstić information content (AvgIpc) is 3.53. The molecule has 1 amide bonds. The number of esters is 1. The lowest BCUT2D eigenvalue weighted by Gasteiger charge is -2.22. The lowest BCUT2D eigenvalue weighted by molar-refractivity contribution is -0.143. The zero-order valence-electron chi connectivity index (χ0n) is 58.8. The van der Waals surface area contributed by atoms with Crippen LogP contribution < -0.4 is 5.32 Å². The van der Waals surface area contributed by atoms with E-state index >= 15 is 0 Å². The monoisotopic (exact) mass is 1220 g/mol. The number of amides is 1. The minimum atomic E-state index is -0.666. The maximum atomic E-state index is 12.6. The predicted octanol–water partition coefficient (Wildman–Crippen LogP) is 26.0. The van der Waals surface area contributed by atoms with E-state index in [1.54, 1.807) is 0 Å². The van der Waals surface area contributed by atoms with Crippen molar-refractivity contribution in [1.82, 2.24) is 5.32 Å². The molecule has 0 aromatic carbocycles. The Balaban J connectivity index is 3.39. The van der Waals surface area contributed by atoms with E-state index in [1.807, 2.05) is 0 Å². The van der Waals surface area contributed by atoms with Gasteiger partial charge in [-0.05, 0) is 89.9 Å². The van der Waals surface area contributed by atoms with Gasteiger partial charge in [-0.3, -0.25) is 9.59 Å². The van der Waals surface area contributed by atoms with Crippen molar-refractivity contribution >= 4 is 11.9 Å². The number of ether oxygens (including phenoxy) is 1. The van der Waals surface area contributed by atoms with Gasteiger partial charge in [-0.15, -0.1) is 0 Å². The lowest BCUT2D eigenvalue weighted by Crippen LogP contribution is -2.45. The molecular formula is C81H153NO5. The molecule has 0 spiro atoms. The van der Waals surface area contributed by atoms with E-state index in [1.165, 1.54) is 340 Å². The molecule has 0 aromatic heterocycles.